The van der Waals surface area contributed by atoms with Gasteiger partial charge in [0, 0.05) is 42.8 Å². The van der Waals surface area contributed by atoms with Gasteiger partial charge in [0.15, 0.2) is 9.84 Å². The number of hydrogen-bond acceptors (Lipinski definition) is 6. The van der Waals surface area contributed by atoms with E-state index in [-0.39, 0.29) is 17.4 Å². The number of pyridine rings is 1. The first-order chi connectivity index (χ1) is 15.8. The van der Waals surface area contributed by atoms with Gasteiger partial charge in [0.1, 0.15) is 17.0 Å². The molecule has 0 aliphatic carbocycles. The average Bonchev–Trinajstić information content (AvgIpc) is 3.08. The first-order valence-corrected chi connectivity index (χ1v) is 13.8. The quantitative estimate of drug-likeness (QED) is 0.626. The number of sulfone groups is 1. The first-order valence-electron chi connectivity index (χ1n) is 11.7. The number of nitrogens with zero attached hydrogens (tertiary/aromatic N) is 2. The smallest absolute Gasteiger partial charge is 0.410 e. The molecule has 1 saturated heterocycles. The van der Waals surface area contributed by atoms with Crippen molar-refractivity contribution >= 4 is 15.9 Å². The SMILES string of the molecule is CC(C)(C)OC(=O)N1CCC(C2(C)Cc3cc(-c4ccc(CS(C)(=O)=O)cc4)ncc3O2)CC1. The van der Waals surface area contributed by atoms with Gasteiger partial charge in [0.25, 0.3) is 0 Å². The third-order valence-corrected chi connectivity index (χ3v) is 7.38. The number of likely N-dealkylation sites (tertiary alicyclic amines) is 1. The van der Waals surface area contributed by atoms with E-state index in [0.29, 0.717) is 19.0 Å². The second-order valence-corrected chi connectivity index (χ2v) is 12.9. The van der Waals surface area contributed by atoms with E-state index in [1.807, 2.05) is 45.0 Å². The van der Waals surface area contributed by atoms with Crippen molar-refractivity contribution in [3.63, 3.8) is 0 Å². The number of aromatic nitrogens is 1. The maximum atomic E-state index is 12.4. The highest BCUT2D eigenvalue weighted by Gasteiger charge is 2.44. The Morgan fingerprint density at radius 2 is 1.85 bits per heavy atom. The van der Waals surface area contributed by atoms with Crippen LogP contribution in [0.25, 0.3) is 11.3 Å². The molecule has 4 rings (SSSR count). The van der Waals surface area contributed by atoms with Crippen molar-refractivity contribution in [3.8, 4) is 17.0 Å². The topological polar surface area (TPSA) is 85.8 Å². The predicted molar refractivity (Wildman–Crippen MR) is 131 cm³/mol. The van der Waals surface area contributed by atoms with E-state index in [2.05, 4.69) is 18.0 Å². The Hall–Kier alpha value is -2.61. The molecule has 3 heterocycles. The molecule has 184 valence electrons. The summed E-state index contributed by atoms with van der Waals surface area (Å²) in [7, 11) is -3.06. The lowest BCUT2D eigenvalue weighted by molar-refractivity contribution is -0.00829. The van der Waals surface area contributed by atoms with E-state index in [1.165, 1.54) is 6.26 Å². The zero-order valence-corrected chi connectivity index (χ0v) is 21.4. The summed E-state index contributed by atoms with van der Waals surface area (Å²) in [6.45, 7) is 9.13. The number of hydrogen-bond donors (Lipinski definition) is 0. The Morgan fingerprint density at radius 1 is 1.21 bits per heavy atom. The molecule has 7 nitrogen and oxygen atoms in total. The molecule has 1 atom stereocenters. The minimum Gasteiger partial charge on any atom is -0.485 e. The van der Waals surface area contributed by atoms with E-state index >= 15 is 0 Å². The van der Waals surface area contributed by atoms with Crippen LogP contribution in [0.1, 0.15) is 51.7 Å². The Bertz CT molecular complexity index is 1160. The molecule has 1 fully saturated rings. The normalized spacial score (nSPS) is 21.1. The number of piperidine rings is 1. The Morgan fingerprint density at radius 3 is 2.44 bits per heavy atom. The van der Waals surface area contributed by atoms with Crippen LogP contribution in [-0.4, -0.2) is 54.9 Å². The van der Waals surface area contributed by atoms with Crippen LogP contribution in [0.5, 0.6) is 5.75 Å². The van der Waals surface area contributed by atoms with Gasteiger partial charge < -0.3 is 14.4 Å². The van der Waals surface area contributed by atoms with Crippen molar-refractivity contribution in [2.75, 3.05) is 19.3 Å². The molecule has 0 bridgehead atoms. The summed E-state index contributed by atoms with van der Waals surface area (Å²) < 4.78 is 35.0. The highest BCUT2D eigenvalue weighted by atomic mass is 32.2. The van der Waals surface area contributed by atoms with Gasteiger partial charge in [-0.05, 0) is 52.2 Å². The highest BCUT2D eigenvalue weighted by molar-refractivity contribution is 7.89. The fourth-order valence-corrected chi connectivity index (χ4v) is 5.64. The summed E-state index contributed by atoms with van der Waals surface area (Å²) in [5.41, 5.74) is 2.86. The van der Waals surface area contributed by atoms with Crippen LogP contribution in [-0.2, 0) is 26.7 Å². The highest BCUT2D eigenvalue weighted by Crippen LogP contribution is 2.43. The van der Waals surface area contributed by atoms with Crippen LogP contribution in [0.2, 0.25) is 0 Å². The molecule has 1 aromatic carbocycles. The number of rotatable bonds is 4. The van der Waals surface area contributed by atoms with E-state index in [4.69, 9.17) is 9.47 Å². The molecular weight excluding hydrogens is 452 g/mol. The maximum Gasteiger partial charge on any atom is 0.410 e. The van der Waals surface area contributed by atoms with E-state index < -0.39 is 15.4 Å². The van der Waals surface area contributed by atoms with Crippen LogP contribution < -0.4 is 4.74 Å². The third-order valence-electron chi connectivity index (χ3n) is 6.52. The summed E-state index contributed by atoms with van der Waals surface area (Å²) in [5, 5.41) is 0. The Kier molecular flexibility index (Phi) is 6.40. The van der Waals surface area contributed by atoms with Crippen molar-refractivity contribution < 1.29 is 22.7 Å². The van der Waals surface area contributed by atoms with Gasteiger partial charge >= 0.3 is 6.09 Å². The molecule has 0 spiro atoms. The minimum absolute atomic E-state index is 0.0316. The molecule has 1 aromatic heterocycles. The summed E-state index contributed by atoms with van der Waals surface area (Å²) >= 11 is 0. The van der Waals surface area contributed by atoms with Crippen LogP contribution in [0.3, 0.4) is 0 Å². The van der Waals surface area contributed by atoms with Crippen molar-refractivity contribution in [2.24, 2.45) is 5.92 Å². The molecule has 0 saturated carbocycles. The van der Waals surface area contributed by atoms with Crippen molar-refractivity contribution in [3.05, 3.63) is 47.7 Å². The molecule has 0 N–H and O–H groups in total. The molecule has 2 aromatic rings. The van der Waals surface area contributed by atoms with Crippen molar-refractivity contribution in [1.29, 1.82) is 0 Å². The molecule has 0 radical (unpaired) electrons. The van der Waals surface area contributed by atoms with Crippen LogP contribution in [0.4, 0.5) is 4.79 Å². The van der Waals surface area contributed by atoms with E-state index in [0.717, 1.165) is 47.4 Å². The summed E-state index contributed by atoms with van der Waals surface area (Å²) in [5.74, 6) is 1.18. The molecule has 1 unspecified atom stereocenters. The van der Waals surface area contributed by atoms with Gasteiger partial charge in [-0.1, -0.05) is 24.3 Å². The number of carbonyl (C=O) groups is 1. The standard InChI is InChI=1S/C26H34N2O5S/c1-25(2,3)33-24(29)28-12-10-21(11-13-28)26(4)15-20-14-22(27-16-23(20)32-26)19-8-6-18(7-9-19)17-34(5,30)31/h6-9,14,16,21H,10-13,15,17H2,1-5H3. The molecular formula is C26H34N2O5S. The minimum atomic E-state index is -3.06. The van der Waals surface area contributed by atoms with Crippen LogP contribution in [0, 0.1) is 5.92 Å². The lowest BCUT2D eigenvalue weighted by atomic mass is 9.79. The first kappa shape index (κ1) is 24.5. The van der Waals surface area contributed by atoms with Gasteiger partial charge in [-0.3, -0.25) is 4.98 Å². The Balaban J connectivity index is 1.41. The molecule has 8 heteroatoms. The maximum absolute atomic E-state index is 12.4. The fourth-order valence-electron chi connectivity index (χ4n) is 4.84. The number of benzene rings is 1. The predicted octanol–water partition coefficient (Wildman–Crippen LogP) is 4.63. The zero-order chi connectivity index (χ0) is 24.7. The largest absolute Gasteiger partial charge is 0.485 e. The number of amides is 1. The van der Waals surface area contributed by atoms with E-state index in [1.54, 1.807) is 11.1 Å². The van der Waals surface area contributed by atoms with Crippen LogP contribution >= 0.6 is 0 Å². The van der Waals surface area contributed by atoms with Crippen LogP contribution in [0.15, 0.2) is 36.5 Å². The summed E-state index contributed by atoms with van der Waals surface area (Å²) in [6.07, 6.45) is 5.30. The lowest BCUT2D eigenvalue weighted by Crippen LogP contribution is -2.48. The van der Waals surface area contributed by atoms with Crippen molar-refractivity contribution in [2.45, 2.75) is 63.9 Å². The number of carbonyl (C=O) groups excluding carboxylic acids is 1. The van der Waals surface area contributed by atoms with E-state index in [9.17, 15) is 13.2 Å². The third kappa shape index (κ3) is 5.71. The average molecular weight is 487 g/mol. The second-order valence-electron chi connectivity index (χ2n) is 10.8. The monoisotopic (exact) mass is 486 g/mol. The second kappa shape index (κ2) is 8.87. The van der Waals surface area contributed by atoms with Gasteiger partial charge in [0.05, 0.1) is 17.6 Å². The summed E-state index contributed by atoms with van der Waals surface area (Å²) in [6, 6.07) is 9.57. The number of ether oxygens (including phenoxy) is 2. The van der Waals surface area contributed by atoms with Crippen molar-refractivity contribution in [1.82, 2.24) is 9.88 Å². The number of fused-ring (bicyclic) bond motifs is 1. The lowest BCUT2D eigenvalue weighted by Gasteiger charge is -2.40. The fraction of sp³-hybridized carbons (Fsp3) is 0.538. The van der Waals surface area contributed by atoms with Gasteiger partial charge in [-0.15, -0.1) is 0 Å². The van der Waals surface area contributed by atoms with Gasteiger partial charge in [-0.25, -0.2) is 13.2 Å². The Labute approximate surface area is 202 Å². The molecule has 2 aliphatic rings. The van der Waals surface area contributed by atoms with Gasteiger partial charge in [0.2, 0.25) is 0 Å². The summed E-state index contributed by atoms with van der Waals surface area (Å²) in [4.78, 5) is 18.8. The molecule has 1 amide bonds. The zero-order valence-electron chi connectivity index (χ0n) is 20.6. The molecule has 34 heavy (non-hydrogen) atoms. The molecule has 2 aliphatic heterocycles. The van der Waals surface area contributed by atoms with Gasteiger partial charge in [-0.2, -0.15) is 0 Å².